The lowest BCUT2D eigenvalue weighted by molar-refractivity contribution is -0.309. The van der Waals surface area contributed by atoms with Crippen LogP contribution in [0.1, 0.15) is 86.0 Å². The molecule has 0 aromatic carbocycles. The zero-order chi connectivity index (χ0) is 38.1. The van der Waals surface area contributed by atoms with E-state index in [-0.39, 0.29) is 42.8 Å². The Kier molecular flexibility index (Phi) is 12.2. The minimum Gasteiger partial charge on any atom is -0.394 e. The number of fused-ring (bicyclic) bond motifs is 5. The van der Waals surface area contributed by atoms with Crippen molar-refractivity contribution in [3.63, 3.8) is 0 Å². The smallest absolute Gasteiger partial charge is 0.187 e. The second kappa shape index (κ2) is 15.4. The summed E-state index contributed by atoms with van der Waals surface area (Å²) in [5.41, 5.74) is -2.28. The minimum atomic E-state index is -1.45. The zero-order valence-corrected chi connectivity index (χ0v) is 31.6. The van der Waals surface area contributed by atoms with Gasteiger partial charge in [0, 0.05) is 25.4 Å². The third-order valence-corrected chi connectivity index (χ3v) is 14.9. The summed E-state index contributed by atoms with van der Waals surface area (Å²) in [5, 5.41) is 99.3. The van der Waals surface area contributed by atoms with Crippen LogP contribution < -0.4 is 0 Å². The van der Waals surface area contributed by atoms with Crippen molar-refractivity contribution in [3.8, 4) is 0 Å². The van der Waals surface area contributed by atoms with Gasteiger partial charge in [-0.3, -0.25) is 0 Å². The average Bonchev–Trinajstić information content (AvgIpc) is 3.54. The molecule has 0 aromatic rings. The van der Waals surface area contributed by atoms with Gasteiger partial charge in [0.1, 0.15) is 36.6 Å². The summed E-state index contributed by atoms with van der Waals surface area (Å²) in [5.74, 6) is -0.968. The fourth-order valence-corrected chi connectivity index (χ4v) is 12.2. The molecular weight excluding hydrogens is 680 g/mol. The maximum Gasteiger partial charge on any atom is 0.187 e. The number of hydrogen-bond donors (Lipinski definition) is 9. The summed E-state index contributed by atoms with van der Waals surface area (Å²) in [6.07, 6.45) is -8.89. The van der Waals surface area contributed by atoms with E-state index in [1.54, 1.807) is 0 Å². The second-order valence-corrected chi connectivity index (χ2v) is 18.1. The van der Waals surface area contributed by atoms with E-state index in [0.717, 1.165) is 12.8 Å². The molecule has 6 aliphatic rings. The van der Waals surface area contributed by atoms with Gasteiger partial charge in [0.25, 0.3) is 0 Å². The van der Waals surface area contributed by atoms with E-state index in [2.05, 4.69) is 13.8 Å². The highest BCUT2D eigenvalue weighted by Crippen LogP contribution is 2.70. The maximum absolute atomic E-state index is 12.6. The number of ether oxygens (including phenoxy) is 5. The fourth-order valence-electron chi connectivity index (χ4n) is 12.2. The van der Waals surface area contributed by atoms with Crippen LogP contribution in [0.15, 0.2) is 0 Å². The van der Waals surface area contributed by atoms with Crippen LogP contribution >= 0.6 is 0 Å². The summed E-state index contributed by atoms with van der Waals surface area (Å²) < 4.78 is 29.1. The summed E-state index contributed by atoms with van der Waals surface area (Å²) in [6, 6.07) is 0. The molecule has 0 spiro atoms. The van der Waals surface area contributed by atoms with Crippen molar-refractivity contribution < 1.29 is 69.6 Å². The van der Waals surface area contributed by atoms with E-state index in [4.69, 9.17) is 23.7 Å². The molecular formula is C38H66O14. The molecule has 4 saturated carbocycles. The van der Waals surface area contributed by atoms with Gasteiger partial charge in [-0.1, -0.05) is 34.6 Å². The molecule has 21 atom stereocenters. The number of hydrogen-bond acceptors (Lipinski definition) is 14. The van der Waals surface area contributed by atoms with Gasteiger partial charge in [0.2, 0.25) is 0 Å². The molecule has 2 heterocycles. The molecule has 4 aliphatic carbocycles. The molecule has 0 aromatic heterocycles. The van der Waals surface area contributed by atoms with Crippen LogP contribution in [0.5, 0.6) is 0 Å². The monoisotopic (exact) mass is 746 g/mol. The molecule has 14 heteroatoms. The highest BCUT2D eigenvalue weighted by molar-refractivity contribution is 5.21. The van der Waals surface area contributed by atoms with Crippen molar-refractivity contribution in [2.45, 2.75) is 171 Å². The van der Waals surface area contributed by atoms with Gasteiger partial charge in [-0.05, 0) is 79.4 Å². The van der Waals surface area contributed by atoms with Gasteiger partial charge in [-0.2, -0.15) is 0 Å². The van der Waals surface area contributed by atoms with Crippen molar-refractivity contribution in [3.05, 3.63) is 0 Å². The van der Waals surface area contributed by atoms with Crippen LogP contribution in [0.2, 0.25) is 0 Å². The predicted octanol–water partition coefficient (Wildman–Crippen LogP) is 0.0474. The lowest BCUT2D eigenvalue weighted by atomic mass is 9.41. The molecule has 14 nitrogen and oxygen atoms in total. The van der Waals surface area contributed by atoms with Gasteiger partial charge >= 0.3 is 0 Å². The van der Waals surface area contributed by atoms with Crippen LogP contribution in [-0.2, 0) is 23.7 Å². The Morgan fingerprint density at radius 1 is 0.808 bits per heavy atom. The zero-order valence-electron chi connectivity index (χ0n) is 31.6. The van der Waals surface area contributed by atoms with Crippen LogP contribution in [0.4, 0.5) is 0 Å². The molecule has 0 amide bonds. The van der Waals surface area contributed by atoms with E-state index in [1.807, 2.05) is 20.8 Å². The standard InChI is InChI=1S/C38H66O14/c1-17(2)23(50-35-32(30(45)24(15-39)51-35)52-34-31(46)29(44)25(48-6)16-49-34)8-7-18(3)19-13-21(41)33-36(19,4)12-10-26-37(5)11-9-20(40)28(43)27(37)22(42)14-38(26,33)47/h17-35,39-47H,7-16H2,1-6H3/t18?,19?,20-,21+,22-,23?,24-,25+,26?,27?,28-,29-,30+,31+,32+,33?,34-,35?,36+,37+,38-/m0/s1. The van der Waals surface area contributed by atoms with Crippen LogP contribution in [0.3, 0.4) is 0 Å². The number of aliphatic hydroxyl groups excluding tert-OH is 8. The summed E-state index contributed by atoms with van der Waals surface area (Å²) in [6.45, 7) is 9.91. The quantitative estimate of drug-likeness (QED) is 0.136. The first kappa shape index (κ1) is 41.1. The first-order valence-electron chi connectivity index (χ1n) is 19.6. The summed E-state index contributed by atoms with van der Waals surface area (Å²) >= 11 is 0. The van der Waals surface area contributed by atoms with E-state index < -0.39 is 108 Å². The Morgan fingerprint density at radius 2 is 1.50 bits per heavy atom. The molecule has 2 saturated heterocycles. The number of aliphatic hydroxyl groups is 9. The Hall–Kier alpha value is -0.560. The van der Waals surface area contributed by atoms with E-state index in [9.17, 15) is 46.0 Å². The Balaban J connectivity index is 1.13. The van der Waals surface area contributed by atoms with E-state index >= 15 is 0 Å². The Labute approximate surface area is 307 Å². The van der Waals surface area contributed by atoms with Gasteiger partial charge < -0.3 is 69.6 Å². The van der Waals surface area contributed by atoms with E-state index in [1.165, 1.54) is 7.11 Å². The van der Waals surface area contributed by atoms with Crippen molar-refractivity contribution in [2.24, 2.45) is 46.3 Å². The highest BCUT2D eigenvalue weighted by atomic mass is 16.8. The molecule has 6 rings (SSSR count). The van der Waals surface area contributed by atoms with Gasteiger partial charge in [-0.15, -0.1) is 0 Å². The molecule has 0 bridgehead atoms. The minimum absolute atomic E-state index is 0.0259. The maximum atomic E-state index is 12.6. The van der Waals surface area contributed by atoms with Gasteiger partial charge in [0.05, 0.1) is 49.3 Å². The van der Waals surface area contributed by atoms with Crippen molar-refractivity contribution in [1.82, 2.24) is 0 Å². The van der Waals surface area contributed by atoms with Crippen molar-refractivity contribution >= 4 is 0 Å². The normalized spacial score (nSPS) is 53.3. The molecule has 6 fully saturated rings. The highest BCUT2D eigenvalue weighted by Gasteiger charge is 2.71. The van der Waals surface area contributed by atoms with E-state index in [0.29, 0.717) is 32.1 Å². The first-order chi connectivity index (χ1) is 24.4. The molecule has 52 heavy (non-hydrogen) atoms. The lowest BCUT2D eigenvalue weighted by Crippen LogP contribution is -2.70. The fraction of sp³-hybridized carbons (Fsp3) is 1.00. The third-order valence-electron chi connectivity index (χ3n) is 14.9. The van der Waals surface area contributed by atoms with Crippen LogP contribution in [-0.4, -0.2) is 152 Å². The van der Waals surface area contributed by atoms with Gasteiger partial charge in [-0.25, -0.2) is 0 Å². The molecule has 0 radical (unpaired) electrons. The average molecular weight is 747 g/mol. The third kappa shape index (κ3) is 6.82. The lowest BCUT2D eigenvalue weighted by Gasteiger charge is -2.66. The molecule has 7 unspecified atom stereocenters. The second-order valence-electron chi connectivity index (χ2n) is 18.1. The number of methoxy groups -OCH3 is 1. The summed E-state index contributed by atoms with van der Waals surface area (Å²) in [4.78, 5) is 0. The predicted molar refractivity (Wildman–Crippen MR) is 184 cm³/mol. The van der Waals surface area contributed by atoms with Crippen molar-refractivity contribution in [2.75, 3.05) is 20.3 Å². The Bertz CT molecular complexity index is 1210. The topological polar surface area (TPSA) is 228 Å². The summed E-state index contributed by atoms with van der Waals surface area (Å²) in [7, 11) is 1.40. The van der Waals surface area contributed by atoms with Crippen LogP contribution in [0.25, 0.3) is 0 Å². The molecule has 302 valence electrons. The number of rotatable bonds is 11. The largest absolute Gasteiger partial charge is 0.394 e. The SMILES string of the molecule is CO[C@@H]1CO[C@@H](O[C@H]2C(OC(CCC(C)C3C[C@@H](O)C4[C@]3(C)CCC3[C@@]5(C)CC[C@H](O)[C@H](O)C5[C@@H](O)C[C@]34O)C(C)C)O[C@@H](CO)[C@H]2O)[C@H](O)[C@H]1O. The van der Waals surface area contributed by atoms with Crippen LogP contribution in [0, 0.1) is 46.3 Å². The first-order valence-corrected chi connectivity index (χ1v) is 19.6. The van der Waals surface area contributed by atoms with Crippen molar-refractivity contribution in [1.29, 1.82) is 0 Å². The molecule has 9 N–H and O–H groups in total. The Morgan fingerprint density at radius 3 is 2.15 bits per heavy atom. The van der Waals surface area contributed by atoms with Gasteiger partial charge in [0.15, 0.2) is 12.6 Å². The molecule has 2 aliphatic heterocycles.